The molecule has 5 rings (SSSR count). The van der Waals surface area contributed by atoms with E-state index in [1.165, 1.54) is 0 Å². The van der Waals surface area contributed by atoms with Crippen LogP contribution in [0.1, 0.15) is 25.8 Å². The van der Waals surface area contributed by atoms with Crippen molar-refractivity contribution >= 4 is 44.8 Å². The van der Waals surface area contributed by atoms with Gasteiger partial charge in [0.15, 0.2) is 11.3 Å². The molecule has 0 aliphatic heterocycles. The van der Waals surface area contributed by atoms with Crippen molar-refractivity contribution in [3.63, 3.8) is 0 Å². The summed E-state index contributed by atoms with van der Waals surface area (Å²) in [6, 6.07) is 15.2. The van der Waals surface area contributed by atoms with Crippen molar-refractivity contribution in [3.8, 4) is 0 Å². The highest BCUT2D eigenvalue weighted by molar-refractivity contribution is 6.30. The van der Waals surface area contributed by atoms with Crippen LogP contribution in [0.3, 0.4) is 0 Å². The lowest BCUT2D eigenvalue weighted by Crippen LogP contribution is -2.21. The van der Waals surface area contributed by atoms with Crippen LogP contribution < -0.4 is 5.56 Å². The van der Waals surface area contributed by atoms with E-state index in [4.69, 9.17) is 21.6 Å². The minimum Gasteiger partial charge on any atom is -0.308 e. The Morgan fingerprint density at radius 2 is 1.68 bits per heavy atom. The van der Waals surface area contributed by atoms with Crippen LogP contribution in [-0.4, -0.2) is 24.1 Å². The second kappa shape index (κ2) is 7.78. The van der Waals surface area contributed by atoms with Gasteiger partial charge in [-0.1, -0.05) is 49.7 Å². The van der Waals surface area contributed by atoms with Gasteiger partial charge in [0, 0.05) is 11.6 Å². The van der Waals surface area contributed by atoms with E-state index in [0.29, 0.717) is 39.7 Å². The Bertz CT molecular complexity index is 1470. The van der Waals surface area contributed by atoms with Crippen LogP contribution in [0.25, 0.3) is 33.2 Å². The summed E-state index contributed by atoms with van der Waals surface area (Å²) in [5.41, 5.74) is 4.41. The van der Waals surface area contributed by atoms with Gasteiger partial charge in [0.25, 0.3) is 5.56 Å². The predicted octanol–water partition coefficient (Wildman–Crippen LogP) is 5.04. The van der Waals surface area contributed by atoms with Crippen LogP contribution in [0.5, 0.6) is 0 Å². The lowest BCUT2D eigenvalue weighted by atomic mass is 10.1. The van der Waals surface area contributed by atoms with E-state index < -0.39 is 0 Å². The van der Waals surface area contributed by atoms with E-state index in [0.717, 1.165) is 29.6 Å². The molecule has 0 aliphatic carbocycles. The SMILES string of the molecule is CC(C)CCn1c2nc3ccccc3nc2c2c(=O)n(Cc3ccc(Cl)cc3)cnc21. The van der Waals surface area contributed by atoms with Gasteiger partial charge in [0.1, 0.15) is 17.2 Å². The molecule has 2 aromatic carbocycles. The van der Waals surface area contributed by atoms with E-state index in [1.807, 2.05) is 53.1 Å². The molecular formula is C24H22ClN5O. The zero-order chi connectivity index (χ0) is 21.5. The summed E-state index contributed by atoms with van der Waals surface area (Å²) in [4.78, 5) is 27.9. The van der Waals surface area contributed by atoms with E-state index in [1.54, 1.807) is 10.9 Å². The standard InChI is InChI=1S/C24H22ClN5O/c1-15(2)11-12-30-22-20(21-23(30)28-19-6-4-3-5-18(19)27-21)24(31)29(14-26-22)13-16-7-9-17(25)10-8-16/h3-10,14-15H,11-13H2,1-2H3. The number of hydrogen-bond donors (Lipinski definition) is 0. The van der Waals surface area contributed by atoms with Crippen molar-refractivity contribution in [1.82, 2.24) is 24.1 Å². The summed E-state index contributed by atoms with van der Waals surface area (Å²) in [5.74, 6) is 0.520. The second-order valence-electron chi connectivity index (χ2n) is 8.22. The Morgan fingerprint density at radius 3 is 2.39 bits per heavy atom. The van der Waals surface area contributed by atoms with Crippen LogP contribution in [-0.2, 0) is 13.1 Å². The molecule has 3 heterocycles. The van der Waals surface area contributed by atoms with E-state index in [-0.39, 0.29) is 5.56 Å². The van der Waals surface area contributed by atoms with E-state index in [9.17, 15) is 4.79 Å². The Morgan fingerprint density at radius 1 is 0.968 bits per heavy atom. The molecule has 6 nitrogen and oxygen atoms in total. The fraction of sp³-hybridized carbons (Fsp3) is 0.250. The van der Waals surface area contributed by atoms with Gasteiger partial charge >= 0.3 is 0 Å². The number of para-hydroxylation sites is 2. The molecule has 0 aliphatic rings. The van der Waals surface area contributed by atoms with Gasteiger partial charge in [-0.3, -0.25) is 9.36 Å². The maximum Gasteiger partial charge on any atom is 0.265 e. The molecule has 0 saturated carbocycles. The molecule has 5 aromatic rings. The first-order valence-corrected chi connectivity index (χ1v) is 10.8. The monoisotopic (exact) mass is 431 g/mol. The summed E-state index contributed by atoms with van der Waals surface area (Å²) in [7, 11) is 0. The average Bonchev–Trinajstić information content (AvgIpc) is 3.07. The first-order valence-electron chi connectivity index (χ1n) is 10.4. The maximum atomic E-state index is 13.5. The van der Waals surface area contributed by atoms with Crippen molar-refractivity contribution < 1.29 is 0 Å². The second-order valence-corrected chi connectivity index (χ2v) is 8.66. The van der Waals surface area contributed by atoms with E-state index >= 15 is 0 Å². The average molecular weight is 432 g/mol. The quantitative estimate of drug-likeness (QED) is 0.391. The fourth-order valence-corrected chi connectivity index (χ4v) is 3.96. The smallest absolute Gasteiger partial charge is 0.265 e. The van der Waals surface area contributed by atoms with Crippen molar-refractivity contribution in [3.05, 3.63) is 75.8 Å². The summed E-state index contributed by atoms with van der Waals surface area (Å²) < 4.78 is 3.66. The van der Waals surface area contributed by atoms with Crippen LogP contribution in [0, 0.1) is 5.92 Å². The molecule has 3 aromatic heterocycles. The lowest BCUT2D eigenvalue weighted by Gasteiger charge is -2.09. The number of aryl methyl sites for hydroxylation is 1. The summed E-state index contributed by atoms with van der Waals surface area (Å²) >= 11 is 5.99. The minimum absolute atomic E-state index is 0.113. The zero-order valence-electron chi connectivity index (χ0n) is 17.4. The number of rotatable bonds is 5. The highest BCUT2D eigenvalue weighted by Gasteiger charge is 2.20. The Kier molecular flexibility index (Phi) is 4.94. The molecule has 0 atom stereocenters. The summed E-state index contributed by atoms with van der Waals surface area (Å²) in [6.07, 6.45) is 2.58. The molecule has 0 fully saturated rings. The molecule has 0 spiro atoms. The van der Waals surface area contributed by atoms with Crippen LogP contribution in [0.15, 0.2) is 59.7 Å². The lowest BCUT2D eigenvalue weighted by molar-refractivity contribution is 0.528. The number of halogens is 1. The van der Waals surface area contributed by atoms with Crippen molar-refractivity contribution in [2.24, 2.45) is 5.92 Å². The summed E-state index contributed by atoms with van der Waals surface area (Å²) in [5, 5.41) is 1.19. The summed E-state index contributed by atoms with van der Waals surface area (Å²) in [6.45, 7) is 5.51. The highest BCUT2D eigenvalue weighted by atomic mass is 35.5. The number of benzene rings is 2. The van der Waals surface area contributed by atoms with Gasteiger partial charge in [-0.25, -0.2) is 15.0 Å². The maximum absolute atomic E-state index is 13.5. The molecule has 0 unspecified atom stereocenters. The van der Waals surface area contributed by atoms with E-state index in [2.05, 4.69) is 18.8 Å². The normalized spacial score (nSPS) is 11.9. The third-order valence-electron chi connectivity index (χ3n) is 5.51. The van der Waals surface area contributed by atoms with Gasteiger partial charge in [-0.05, 0) is 42.2 Å². The zero-order valence-corrected chi connectivity index (χ0v) is 18.2. The van der Waals surface area contributed by atoms with Gasteiger partial charge < -0.3 is 4.57 Å². The first kappa shape index (κ1) is 19.7. The van der Waals surface area contributed by atoms with Gasteiger partial charge in [0.05, 0.1) is 17.6 Å². The Balaban J connectivity index is 1.74. The number of nitrogens with zero attached hydrogens (tertiary/aromatic N) is 5. The Labute approximate surface area is 184 Å². The molecule has 0 N–H and O–H groups in total. The van der Waals surface area contributed by atoms with Gasteiger partial charge in [-0.15, -0.1) is 0 Å². The van der Waals surface area contributed by atoms with Gasteiger partial charge in [-0.2, -0.15) is 0 Å². The van der Waals surface area contributed by atoms with Crippen molar-refractivity contribution in [1.29, 1.82) is 0 Å². The first-order chi connectivity index (χ1) is 15.0. The van der Waals surface area contributed by atoms with Crippen molar-refractivity contribution in [2.45, 2.75) is 33.4 Å². The predicted molar refractivity (Wildman–Crippen MR) is 125 cm³/mol. The van der Waals surface area contributed by atoms with Crippen LogP contribution in [0.2, 0.25) is 5.02 Å². The molecule has 0 radical (unpaired) electrons. The van der Waals surface area contributed by atoms with Crippen LogP contribution >= 0.6 is 11.6 Å². The number of aromatic nitrogens is 5. The minimum atomic E-state index is -0.113. The van der Waals surface area contributed by atoms with Crippen molar-refractivity contribution in [2.75, 3.05) is 0 Å². The number of fused-ring (bicyclic) bond motifs is 4. The molecule has 156 valence electrons. The molecule has 31 heavy (non-hydrogen) atoms. The molecule has 0 amide bonds. The van der Waals surface area contributed by atoms with Crippen LogP contribution in [0.4, 0.5) is 0 Å². The molecular weight excluding hydrogens is 410 g/mol. The largest absolute Gasteiger partial charge is 0.308 e. The molecule has 7 heteroatoms. The Hall–Kier alpha value is -3.25. The third kappa shape index (κ3) is 3.57. The topological polar surface area (TPSA) is 65.6 Å². The molecule has 0 saturated heterocycles. The number of hydrogen-bond acceptors (Lipinski definition) is 4. The molecule has 0 bridgehead atoms. The van der Waals surface area contributed by atoms with Gasteiger partial charge in [0.2, 0.25) is 0 Å². The highest BCUT2D eigenvalue weighted by Crippen LogP contribution is 2.26. The fourth-order valence-electron chi connectivity index (χ4n) is 3.84. The third-order valence-corrected chi connectivity index (χ3v) is 5.77.